The van der Waals surface area contributed by atoms with Crippen LogP contribution in [0.4, 0.5) is 0 Å². The monoisotopic (exact) mass is 273 g/mol. The van der Waals surface area contributed by atoms with Crippen molar-refractivity contribution in [3.8, 4) is 0 Å². The topological polar surface area (TPSA) is 21.3 Å². The molecule has 0 saturated heterocycles. The van der Waals surface area contributed by atoms with Crippen molar-refractivity contribution in [3.63, 3.8) is 0 Å². The Bertz CT molecular complexity index is 207. The molecule has 1 aliphatic rings. The molecule has 0 aromatic carbocycles. The molecule has 0 unspecified atom stereocenters. The molecule has 1 saturated carbocycles. The fourth-order valence-electron chi connectivity index (χ4n) is 2.34. The average Bonchev–Trinajstić information content (AvgIpc) is 2.32. The third-order valence-corrected chi connectivity index (χ3v) is 4.57. The maximum Gasteiger partial charge on any atom is 0.0576 e. The van der Waals surface area contributed by atoms with E-state index in [9.17, 15) is 0 Å². The van der Waals surface area contributed by atoms with E-state index in [-0.39, 0.29) is 0 Å². The SMILES string of the molecule is CCCNC1CCC(OCCSC(C)(C)C)CC1. The molecule has 0 bridgehead atoms. The van der Waals surface area contributed by atoms with Crippen LogP contribution < -0.4 is 5.32 Å². The minimum atomic E-state index is 0.366. The van der Waals surface area contributed by atoms with Gasteiger partial charge in [0.05, 0.1) is 12.7 Å². The van der Waals surface area contributed by atoms with E-state index in [1.54, 1.807) is 0 Å². The first-order valence-corrected chi connectivity index (χ1v) is 8.49. The van der Waals surface area contributed by atoms with Gasteiger partial charge in [-0.15, -0.1) is 0 Å². The summed E-state index contributed by atoms with van der Waals surface area (Å²) < 4.78 is 6.35. The van der Waals surface area contributed by atoms with E-state index >= 15 is 0 Å². The van der Waals surface area contributed by atoms with E-state index < -0.39 is 0 Å². The molecular formula is C15H31NOS. The number of hydrogen-bond acceptors (Lipinski definition) is 3. The lowest BCUT2D eigenvalue weighted by atomic mass is 9.93. The van der Waals surface area contributed by atoms with E-state index in [1.165, 1.54) is 38.6 Å². The van der Waals surface area contributed by atoms with Gasteiger partial charge in [0, 0.05) is 16.5 Å². The van der Waals surface area contributed by atoms with Crippen molar-refractivity contribution >= 4 is 11.8 Å². The molecule has 0 amide bonds. The van der Waals surface area contributed by atoms with E-state index in [2.05, 4.69) is 33.0 Å². The number of rotatable bonds is 7. The minimum Gasteiger partial charge on any atom is -0.377 e. The molecule has 0 atom stereocenters. The van der Waals surface area contributed by atoms with Gasteiger partial charge < -0.3 is 10.1 Å². The molecule has 2 nitrogen and oxygen atoms in total. The standard InChI is InChI=1S/C15H31NOS/c1-5-10-16-13-6-8-14(9-7-13)17-11-12-18-15(2,3)4/h13-14,16H,5-12H2,1-4H3. The molecule has 0 heterocycles. The van der Waals surface area contributed by atoms with Gasteiger partial charge in [-0.3, -0.25) is 0 Å². The zero-order chi connectivity index (χ0) is 13.4. The second-order valence-electron chi connectivity index (χ2n) is 6.26. The summed E-state index contributed by atoms with van der Waals surface area (Å²) in [6.07, 6.45) is 6.81. The summed E-state index contributed by atoms with van der Waals surface area (Å²) in [4.78, 5) is 0. The Morgan fingerprint density at radius 1 is 1.17 bits per heavy atom. The Balaban J connectivity index is 2.02. The number of thioether (sulfide) groups is 1. The molecule has 0 spiro atoms. The summed E-state index contributed by atoms with van der Waals surface area (Å²) in [5.74, 6) is 1.12. The van der Waals surface area contributed by atoms with E-state index in [1.807, 2.05) is 11.8 Å². The highest BCUT2D eigenvalue weighted by atomic mass is 32.2. The largest absolute Gasteiger partial charge is 0.377 e. The summed E-state index contributed by atoms with van der Waals surface area (Å²) in [6, 6.07) is 0.744. The van der Waals surface area contributed by atoms with Crippen molar-refractivity contribution in [1.29, 1.82) is 0 Å². The molecule has 1 N–H and O–H groups in total. The molecular weight excluding hydrogens is 242 g/mol. The Morgan fingerprint density at radius 2 is 1.83 bits per heavy atom. The Morgan fingerprint density at radius 3 is 2.39 bits per heavy atom. The van der Waals surface area contributed by atoms with Crippen molar-refractivity contribution in [2.45, 2.75) is 76.7 Å². The van der Waals surface area contributed by atoms with Gasteiger partial charge >= 0.3 is 0 Å². The predicted octanol–water partition coefficient (Wildman–Crippen LogP) is 3.85. The number of ether oxygens (including phenoxy) is 1. The van der Waals surface area contributed by atoms with Crippen molar-refractivity contribution in [1.82, 2.24) is 5.32 Å². The Labute approximate surface area is 118 Å². The van der Waals surface area contributed by atoms with Crippen molar-refractivity contribution in [2.24, 2.45) is 0 Å². The molecule has 108 valence electrons. The van der Waals surface area contributed by atoms with E-state index in [4.69, 9.17) is 4.74 Å². The first kappa shape index (κ1) is 16.3. The van der Waals surface area contributed by atoms with Gasteiger partial charge in [0.15, 0.2) is 0 Å². The molecule has 0 aliphatic heterocycles. The number of hydrogen-bond donors (Lipinski definition) is 1. The van der Waals surface area contributed by atoms with Gasteiger partial charge in [-0.2, -0.15) is 11.8 Å². The van der Waals surface area contributed by atoms with E-state index in [0.29, 0.717) is 10.9 Å². The highest BCUT2D eigenvalue weighted by molar-refractivity contribution is 8.00. The summed E-state index contributed by atoms with van der Waals surface area (Å²) in [7, 11) is 0. The molecule has 0 aromatic heterocycles. The molecule has 1 fully saturated rings. The molecule has 0 aromatic rings. The molecule has 3 heteroatoms. The highest BCUT2D eigenvalue weighted by Crippen LogP contribution is 2.24. The summed E-state index contributed by atoms with van der Waals surface area (Å²) in [5, 5.41) is 3.62. The molecule has 18 heavy (non-hydrogen) atoms. The van der Waals surface area contributed by atoms with Crippen LogP contribution in [0.15, 0.2) is 0 Å². The maximum atomic E-state index is 5.98. The van der Waals surface area contributed by atoms with Crippen LogP contribution in [0.2, 0.25) is 0 Å². The fourth-order valence-corrected chi connectivity index (χ4v) is 3.14. The molecule has 1 rings (SSSR count). The van der Waals surface area contributed by atoms with Gasteiger partial charge in [-0.25, -0.2) is 0 Å². The highest BCUT2D eigenvalue weighted by Gasteiger charge is 2.21. The minimum absolute atomic E-state index is 0.366. The second kappa shape index (κ2) is 8.44. The summed E-state index contributed by atoms with van der Waals surface area (Å²) in [6.45, 7) is 11.1. The summed E-state index contributed by atoms with van der Waals surface area (Å²) >= 11 is 2.00. The third kappa shape index (κ3) is 7.65. The zero-order valence-corrected chi connectivity index (χ0v) is 13.4. The average molecular weight is 273 g/mol. The van der Waals surface area contributed by atoms with Crippen LogP contribution in [0.25, 0.3) is 0 Å². The van der Waals surface area contributed by atoms with Gasteiger partial charge in [0.2, 0.25) is 0 Å². The van der Waals surface area contributed by atoms with Crippen molar-refractivity contribution in [3.05, 3.63) is 0 Å². The Kier molecular flexibility index (Phi) is 7.66. The smallest absolute Gasteiger partial charge is 0.0576 e. The lowest BCUT2D eigenvalue weighted by Gasteiger charge is -2.29. The van der Waals surface area contributed by atoms with Crippen LogP contribution >= 0.6 is 11.8 Å². The lowest BCUT2D eigenvalue weighted by molar-refractivity contribution is 0.0319. The van der Waals surface area contributed by atoms with E-state index in [0.717, 1.165) is 18.4 Å². The quantitative estimate of drug-likeness (QED) is 0.712. The van der Waals surface area contributed by atoms with Gasteiger partial charge in [-0.1, -0.05) is 27.7 Å². The Hall–Kier alpha value is 0.270. The fraction of sp³-hybridized carbons (Fsp3) is 1.00. The molecule has 0 radical (unpaired) electrons. The van der Waals surface area contributed by atoms with Crippen molar-refractivity contribution < 1.29 is 4.74 Å². The normalized spacial score (nSPS) is 25.3. The van der Waals surface area contributed by atoms with Crippen LogP contribution in [0.5, 0.6) is 0 Å². The van der Waals surface area contributed by atoms with Crippen LogP contribution in [0.1, 0.15) is 59.8 Å². The van der Waals surface area contributed by atoms with Crippen LogP contribution in [-0.2, 0) is 4.74 Å². The first-order valence-electron chi connectivity index (χ1n) is 7.50. The third-order valence-electron chi connectivity index (χ3n) is 3.33. The summed E-state index contributed by atoms with van der Waals surface area (Å²) in [5.41, 5.74) is 0. The van der Waals surface area contributed by atoms with Gasteiger partial charge in [0.1, 0.15) is 0 Å². The number of nitrogens with one attached hydrogen (secondary N) is 1. The maximum absolute atomic E-state index is 5.98. The molecule has 1 aliphatic carbocycles. The zero-order valence-electron chi connectivity index (χ0n) is 12.6. The lowest BCUT2D eigenvalue weighted by Crippen LogP contribution is -2.35. The van der Waals surface area contributed by atoms with Gasteiger partial charge in [-0.05, 0) is 38.6 Å². The van der Waals surface area contributed by atoms with Crippen LogP contribution in [0.3, 0.4) is 0 Å². The van der Waals surface area contributed by atoms with Gasteiger partial charge in [0.25, 0.3) is 0 Å². The van der Waals surface area contributed by atoms with Crippen LogP contribution in [0, 0.1) is 0 Å². The predicted molar refractivity (Wildman–Crippen MR) is 82.5 cm³/mol. The van der Waals surface area contributed by atoms with Crippen molar-refractivity contribution in [2.75, 3.05) is 18.9 Å². The first-order chi connectivity index (χ1) is 8.51. The second-order valence-corrected chi connectivity index (χ2v) is 8.18. The van der Waals surface area contributed by atoms with Crippen LogP contribution in [-0.4, -0.2) is 35.8 Å².